The van der Waals surface area contributed by atoms with Crippen LogP contribution in [0.25, 0.3) is 32.5 Å². The third kappa shape index (κ3) is 10.9. The fourth-order valence-corrected chi connectivity index (χ4v) is 6.06. The van der Waals surface area contributed by atoms with E-state index in [2.05, 4.69) is 35.2 Å². The van der Waals surface area contributed by atoms with E-state index in [4.69, 9.17) is 44.5 Å². The number of benzene rings is 1. The van der Waals surface area contributed by atoms with Gasteiger partial charge < -0.3 is 41.0 Å². The molecule has 256 valence electrons. The summed E-state index contributed by atoms with van der Waals surface area (Å²) in [6, 6.07) is 6.45. The molecule has 1 amide bonds. The van der Waals surface area contributed by atoms with Crippen molar-refractivity contribution in [1.29, 1.82) is 0 Å². The smallest absolute Gasteiger partial charge is 0.450 e. The molecule has 0 aliphatic carbocycles. The van der Waals surface area contributed by atoms with Crippen molar-refractivity contribution in [3.05, 3.63) is 53.1 Å². The lowest BCUT2D eigenvalue weighted by Crippen LogP contribution is -2.34. The van der Waals surface area contributed by atoms with Crippen LogP contribution in [0, 0.1) is 6.92 Å². The molecule has 0 saturated carbocycles. The number of fused-ring (bicyclic) bond motifs is 1. The molecular formula is C31H42N6O9S. The second-order valence-corrected chi connectivity index (χ2v) is 12.5. The van der Waals surface area contributed by atoms with Crippen molar-refractivity contribution < 1.29 is 44.3 Å². The van der Waals surface area contributed by atoms with Crippen LogP contribution in [0.1, 0.15) is 55.8 Å². The Balaban J connectivity index is 0.000000769. The van der Waals surface area contributed by atoms with E-state index in [1.165, 1.54) is 4.88 Å². The van der Waals surface area contributed by atoms with Gasteiger partial charge in [-0.05, 0) is 63.5 Å². The SMILES string of the molecule is Cc1c(-c2ccc3c(-c4nc(CN(C)C(=O)OC(C)(C)C)c(C5CCOCC5)s4)cncc3c2)cnn1C.N.O=C(O)O.O=C(O)O. The maximum absolute atomic E-state index is 12.7. The quantitative estimate of drug-likeness (QED) is 0.145. The summed E-state index contributed by atoms with van der Waals surface area (Å²) in [6.45, 7) is 9.58. The maximum Gasteiger partial charge on any atom is 0.503 e. The summed E-state index contributed by atoms with van der Waals surface area (Å²) in [5, 5.41) is 35.4. The normalized spacial score (nSPS) is 12.9. The first-order valence-corrected chi connectivity index (χ1v) is 15.1. The van der Waals surface area contributed by atoms with E-state index in [-0.39, 0.29) is 12.2 Å². The van der Waals surface area contributed by atoms with Crippen molar-refractivity contribution in [3.63, 3.8) is 0 Å². The largest absolute Gasteiger partial charge is 0.503 e. The first kappa shape index (κ1) is 38.4. The van der Waals surface area contributed by atoms with Gasteiger partial charge in [-0.3, -0.25) is 9.67 Å². The maximum atomic E-state index is 12.7. The number of hydrogen-bond donors (Lipinski definition) is 5. The zero-order chi connectivity index (χ0) is 34.2. The number of aryl methyl sites for hydroxylation is 1. The molecule has 5 rings (SSSR count). The number of carboxylic acid groups (broad SMARTS) is 4. The minimum atomic E-state index is -1.83. The molecule has 0 spiro atoms. The molecule has 0 atom stereocenters. The number of amides is 1. The number of pyridine rings is 1. The molecule has 0 bridgehead atoms. The first-order valence-electron chi connectivity index (χ1n) is 14.3. The first-order chi connectivity index (χ1) is 21.6. The molecule has 1 aromatic carbocycles. The average molecular weight is 675 g/mol. The van der Waals surface area contributed by atoms with E-state index in [1.54, 1.807) is 23.3 Å². The van der Waals surface area contributed by atoms with Gasteiger partial charge in [0.1, 0.15) is 10.6 Å². The fourth-order valence-electron chi connectivity index (χ4n) is 4.80. The van der Waals surface area contributed by atoms with Gasteiger partial charge in [-0.15, -0.1) is 11.3 Å². The zero-order valence-electron chi connectivity index (χ0n) is 27.3. The molecule has 7 N–H and O–H groups in total. The summed E-state index contributed by atoms with van der Waals surface area (Å²) >= 11 is 1.71. The Morgan fingerprint density at radius 2 is 1.66 bits per heavy atom. The number of hydrogen-bond acceptors (Lipinski definition) is 10. The lowest BCUT2D eigenvalue weighted by atomic mass is 9.97. The molecule has 47 heavy (non-hydrogen) atoms. The third-order valence-electron chi connectivity index (χ3n) is 6.95. The minimum absolute atomic E-state index is 0. The lowest BCUT2D eigenvalue weighted by molar-refractivity contribution is 0.0281. The number of aromatic nitrogens is 4. The molecule has 4 aromatic rings. The second kappa shape index (κ2) is 16.7. The van der Waals surface area contributed by atoms with E-state index in [1.807, 2.05) is 51.1 Å². The monoisotopic (exact) mass is 674 g/mol. The summed E-state index contributed by atoms with van der Waals surface area (Å²) in [4.78, 5) is 42.3. The standard InChI is InChI=1S/C29H35N5O3S.2CH2O3.H3N/c1-18-23(16-31-34(18)6)20-7-8-22-21(13-20)14-30-15-24(22)27-32-25(17-33(5)28(35)37-29(2,3)4)26(38-27)19-9-11-36-12-10-19;2*2-1(3)4;/h7-8,13-16,19H,9-12,17H2,1-6H3;2*(H2,2,3,4);1H3. The molecule has 1 aliphatic heterocycles. The molecule has 0 unspecified atom stereocenters. The van der Waals surface area contributed by atoms with E-state index in [0.717, 1.165) is 69.9 Å². The summed E-state index contributed by atoms with van der Waals surface area (Å²) in [5.41, 5.74) is 4.72. The van der Waals surface area contributed by atoms with Gasteiger partial charge in [0.05, 0.1) is 18.4 Å². The van der Waals surface area contributed by atoms with Gasteiger partial charge in [0.2, 0.25) is 0 Å². The second-order valence-electron chi connectivity index (χ2n) is 11.5. The van der Waals surface area contributed by atoms with Crippen LogP contribution in [0.5, 0.6) is 0 Å². The number of ether oxygens (including phenoxy) is 2. The van der Waals surface area contributed by atoms with Gasteiger partial charge in [-0.1, -0.05) is 12.1 Å². The van der Waals surface area contributed by atoms with Crippen molar-refractivity contribution in [3.8, 4) is 21.7 Å². The summed E-state index contributed by atoms with van der Waals surface area (Å²) < 4.78 is 13.1. The molecule has 0 radical (unpaired) electrons. The minimum Gasteiger partial charge on any atom is -0.450 e. The summed E-state index contributed by atoms with van der Waals surface area (Å²) in [5.74, 6) is 0.361. The highest BCUT2D eigenvalue weighted by atomic mass is 32.1. The van der Waals surface area contributed by atoms with Gasteiger partial charge in [0.25, 0.3) is 0 Å². The van der Waals surface area contributed by atoms with Gasteiger partial charge in [-0.25, -0.2) is 19.4 Å². The molecule has 1 aliphatic rings. The molecule has 15 nitrogen and oxygen atoms in total. The highest BCUT2D eigenvalue weighted by Gasteiger charge is 2.27. The average Bonchev–Trinajstić information content (AvgIpc) is 3.54. The Bertz CT molecular complexity index is 1660. The van der Waals surface area contributed by atoms with Crippen LogP contribution in [0.4, 0.5) is 14.4 Å². The Hall–Kier alpha value is -4.80. The highest BCUT2D eigenvalue weighted by molar-refractivity contribution is 7.15. The van der Waals surface area contributed by atoms with Crippen LogP contribution in [-0.4, -0.2) is 89.3 Å². The van der Waals surface area contributed by atoms with Crippen molar-refractivity contribution in [2.24, 2.45) is 7.05 Å². The number of nitrogens with zero attached hydrogens (tertiary/aromatic N) is 5. The van der Waals surface area contributed by atoms with Gasteiger partial charge in [0.15, 0.2) is 0 Å². The Morgan fingerprint density at radius 1 is 1.04 bits per heavy atom. The Labute approximate surface area is 276 Å². The van der Waals surface area contributed by atoms with Gasteiger partial charge in [-0.2, -0.15) is 5.10 Å². The zero-order valence-corrected chi connectivity index (χ0v) is 28.1. The number of carbonyl (C=O) groups is 3. The number of carbonyl (C=O) groups excluding carboxylic acids is 1. The van der Waals surface area contributed by atoms with Crippen LogP contribution in [0.15, 0.2) is 36.8 Å². The van der Waals surface area contributed by atoms with E-state index >= 15 is 0 Å². The highest BCUT2D eigenvalue weighted by Crippen LogP contribution is 2.40. The van der Waals surface area contributed by atoms with Crippen molar-refractivity contribution in [2.45, 2.75) is 58.6 Å². The van der Waals surface area contributed by atoms with E-state index < -0.39 is 17.9 Å². The molecule has 16 heteroatoms. The van der Waals surface area contributed by atoms with Crippen LogP contribution in [0.3, 0.4) is 0 Å². The fraction of sp³-hybridized carbons (Fsp3) is 0.419. The predicted molar refractivity (Wildman–Crippen MR) is 177 cm³/mol. The van der Waals surface area contributed by atoms with Crippen LogP contribution >= 0.6 is 11.3 Å². The Kier molecular flexibility index (Phi) is 13.6. The van der Waals surface area contributed by atoms with Crippen LogP contribution in [-0.2, 0) is 23.1 Å². The van der Waals surface area contributed by atoms with E-state index in [0.29, 0.717) is 12.5 Å². The molecular weight excluding hydrogens is 632 g/mol. The molecule has 4 heterocycles. The van der Waals surface area contributed by atoms with Gasteiger partial charge in [0, 0.05) is 66.8 Å². The van der Waals surface area contributed by atoms with Crippen molar-refractivity contribution >= 4 is 40.5 Å². The van der Waals surface area contributed by atoms with Crippen molar-refractivity contribution in [1.82, 2.24) is 30.8 Å². The molecule has 1 saturated heterocycles. The van der Waals surface area contributed by atoms with Gasteiger partial charge >= 0.3 is 18.4 Å². The number of rotatable bonds is 5. The lowest BCUT2D eigenvalue weighted by Gasteiger charge is -2.25. The number of thiazole rings is 1. The predicted octanol–water partition coefficient (Wildman–Crippen LogP) is 6.93. The topological polar surface area (TPSA) is 232 Å². The Morgan fingerprint density at radius 3 is 2.21 bits per heavy atom. The van der Waals surface area contributed by atoms with Crippen molar-refractivity contribution in [2.75, 3.05) is 20.3 Å². The summed E-state index contributed by atoms with van der Waals surface area (Å²) in [7, 11) is 3.72. The molecule has 3 aromatic heterocycles. The third-order valence-corrected chi connectivity index (χ3v) is 8.24. The van der Waals surface area contributed by atoms with Crippen LogP contribution < -0.4 is 6.15 Å². The van der Waals surface area contributed by atoms with Crippen LogP contribution in [0.2, 0.25) is 0 Å². The van der Waals surface area contributed by atoms with E-state index in [9.17, 15) is 4.79 Å². The summed E-state index contributed by atoms with van der Waals surface area (Å²) in [6.07, 6.45) is 3.58. The molecule has 1 fully saturated rings.